The summed E-state index contributed by atoms with van der Waals surface area (Å²) in [7, 11) is 0. The molecule has 0 saturated carbocycles. The van der Waals surface area contributed by atoms with Gasteiger partial charge in [-0.1, -0.05) is 25.1 Å². The van der Waals surface area contributed by atoms with Gasteiger partial charge >= 0.3 is 0 Å². The molecule has 2 bridgehead atoms. The maximum Gasteiger partial charge on any atom is 0.168 e. The topological polar surface area (TPSA) is 26.3 Å². The molecule has 3 unspecified atom stereocenters. The van der Waals surface area contributed by atoms with Crippen LogP contribution in [0.25, 0.3) is 0 Å². The van der Waals surface area contributed by atoms with Crippen LogP contribution in [0.4, 0.5) is 0 Å². The first-order chi connectivity index (χ1) is 8.28. The van der Waals surface area contributed by atoms with E-state index in [1.807, 2.05) is 18.2 Å². The lowest BCUT2D eigenvalue weighted by atomic mass is 9.83. The van der Waals surface area contributed by atoms with Gasteiger partial charge in [-0.15, -0.1) is 0 Å². The van der Waals surface area contributed by atoms with Crippen molar-refractivity contribution in [2.75, 3.05) is 0 Å². The van der Waals surface area contributed by atoms with Gasteiger partial charge < -0.3 is 4.74 Å². The summed E-state index contributed by atoms with van der Waals surface area (Å²) in [6.45, 7) is 2.12. The van der Waals surface area contributed by atoms with Crippen molar-refractivity contribution in [1.82, 2.24) is 0 Å². The van der Waals surface area contributed by atoms with E-state index < -0.39 is 0 Å². The number of hydrogen-bond donors (Lipinski definition) is 0. The van der Waals surface area contributed by atoms with Crippen molar-refractivity contribution in [3.8, 4) is 0 Å². The summed E-state index contributed by atoms with van der Waals surface area (Å²) in [5, 5.41) is 0. The maximum absolute atomic E-state index is 12.4. The largest absolute Gasteiger partial charge is 0.374 e. The minimum Gasteiger partial charge on any atom is -0.374 e. The standard InChI is InChI=1S/C15H18O2/c1-2-10-4-3-5-11(8-10)15(16)13-9-12-6-7-14(13)17-12/h3-5,8,12-14H,2,6-7,9H2,1H3. The molecule has 0 aromatic heterocycles. The van der Waals surface area contributed by atoms with Gasteiger partial charge in [0.25, 0.3) is 0 Å². The first kappa shape index (κ1) is 11.0. The first-order valence-corrected chi connectivity index (χ1v) is 6.56. The Hall–Kier alpha value is -1.15. The molecule has 0 N–H and O–H groups in total. The second kappa shape index (κ2) is 4.26. The van der Waals surface area contributed by atoms with Crippen LogP contribution >= 0.6 is 0 Å². The highest BCUT2D eigenvalue weighted by Gasteiger charge is 2.44. The normalized spacial score (nSPS) is 30.8. The van der Waals surface area contributed by atoms with E-state index in [0.717, 1.165) is 31.2 Å². The van der Waals surface area contributed by atoms with E-state index >= 15 is 0 Å². The lowest BCUT2D eigenvalue weighted by Crippen LogP contribution is -2.25. The predicted octanol–water partition coefficient (Wildman–Crippen LogP) is 3.00. The van der Waals surface area contributed by atoms with Gasteiger partial charge in [0.1, 0.15) is 0 Å². The van der Waals surface area contributed by atoms with Crippen LogP contribution in [-0.2, 0) is 11.2 Å². The number of aryl methyl sites for hydroxylation is 1. The van der Waals surface area contributed by atoms with Gasteiger partial charge in [0.05, 0.1) is 18.1 Å². The van der Waals surface area contributed by atoms with Crippen LogP contribution in [0, 0.1) is 5.92 Å². The molecule has 1 aromatic carbocycles. The zero-order valence-corrected chi connectivity index (χ0v) is 10.2. The minimum absolute atomic E-state index is 0.112. The molecule has 0 radical (unpaired) electrons. The van der Waals surface area contributed by atoms with Gasteiger partial charge in [-0.3, -0.25) is 4.79 Å². The molecule has 3 atom stereocenters. The number of carbonyl (C=O) groups excluding carboxylic acids is 1. The van der Waals surface area contributed by atoms with Crippen molar-refractivity contribution < 1.29 is 9.53 Å². The number of fused-ring (bicyclic) bond motifs is 2. The fourth-order valence-electron chi connectivity index (χ4n) is 3.07. The monoisotopic (exact) mass is 230 g/mol. The molecule has 0 aliphatic carbocycles. The summed E-state index contributed by atoms with van der Waals surface area (Å²) in [5.41, 5.74) is 2.10. The van der Waals surface area contributed by atoms with Crippen molar-refractivity contribution in [3.63, 3.8) is 0 Å². The summed E-state index contributed by atoms with van der Waals surface area (Å²) < 4.78 is 5.76. The molecule has 90 valence electrons. The van der Waals surface area contributed by atoms with E-state index in [1.54, 1.807) is 0 Å². The average molecular weight is 230 g/mol. The summed E-state index contributed by atoms with van der Waals surface area (Å²) in [6, 6.07) is 8.04. The van der Waals surface area contributed by atoms with Crippen LogP contribution in [0.15, 0.2) is 24.3 Å². The van der Waals surface area contributed by atoms with Crippen molar-refractivity contribution in [2.24, 2.45) is 5.92 Å². The Labute approximate surface area is 102 Å². The predicted molar refractivity (Wildman–Crippen MR) is 66.2 cm³/mol. The fourth-order valence-corrected chi connectivity index (χ4v) is 3.07. The lowest BCUT2D eigenvalue weighted by Gasteiger charge is -2.17. The number of hydrogen-bond acceptors (Lipinski definition) is 2. The van der Waals surface area contributed by atoms with Crippen LogP contribution in [0.1, 0.15) is 42.1 Å². The third-order valence-corrected chi connectivity index (χ3v) is 4.06. The summed E-state index contributed by atoms with van der Waals surface area (Å²) >= 11 is 0. The van der Waals surface area contributed by atoms with E-state index in [1.165, 1.54) is 5.56 Å². The summed E-state index contributed by atoms with van der Waals surface area (Å²) in [6.07, 6.45) is 4.66. The molecule has 3 rings (SSSR count). The Morgan fingerprint density at radius 3 is 2.94 bits per heavy atom. The zero-order chi connectivity index (χ0) is 11.8. The molecule has 2 fully saturated rings. The zero-order valence-electron chi connectivity index (χ0n) is 10.2. The molecule has 2 saturated heterocycles. The summed E-state index contributed by atoms with van der Waals surface area (Å²) in [5.74, 6) is 0.397. The molecule has 0 spiro atoms. The van der Waals surface area contributed by atoms with Gasteiger partial charge in [-0.05, 0) is 37.3 Å². The number of benzene rings is 1. The van der Waals surface area contributed by atoms with E-state index in [-0.39, 0.29) is 17.8 Å². The van der Waals surface area contributed by atoms with Gasteiger partial charge in [-0.2, -0.15) is 0 Å². The highest BCUT2D eigenvalue weighted by Crippen LogP contribution is 2.40. The smallest absolute Gasteiger partial charge is 0.168 e. The first-order valence-electron chi connectivity index (χ1n) is 6.56. The Balaban J connectivity index is 1.81. The minimum atomic E-state index is 0.112. The van der Waals surface area contributed by atoms with Gasteiger partial charge in [0.2, 0.25) is 0 Å². The Morgan fingerprint density at radius 1 is 1.41 bits per heavy atom. The Morgan fingerprint density at radius 2 is 2.29 bits per heavy atom. The van der Waals surface area contributed by atoms with Gasteiger partial charge in [-0.25, -0.2) is 0 Å². The Kier molecular flexibility index (Phi) is 2.75. The third kappa shape index (κ3) is 1.91. The molecular formula is C15H18O2. The molecule has 2 nitrogen and oxygen atoms in total. The SMILES string of the molecule is CCc1cccc(C(=O)C2CC3CCC2O3)c1. The Bertz CT molecular complexity index is 438. The highest BCUT2D eigenvalue weighted by molar-refractivity contribution is 5.98. The molecule has 2 heteroatoms. The van der Waals surface area contributed by atoms with Crippen LogP contribution in [-0.4, -0.2) is 18.0 Å². The molecule has 17 heavy (non-hydrogen) atoms. The maximum atomic E-state index is 12.4. The quantitative estimate of drug-likeness (QED) is 0.746. The van der Waals surface area contributed by atoms with Gasteiger partial charge in [0.15, 0.2) is 5.78 Å². The molecular weight excluding hydrogens is 212 g/mol. The lowest BCUT2D eigenvalue weighted by molar-refractivity contribution is 0.0743. The van der Waals surface area contributed by atoms with E-state index in [9.17, 15) is 4.79 Å². The summed E-state index contributed by atoms with van der Waals surface area (Å²) in [4.78, 5) is 12.4. The molecule has 2 aliphatic rings. The number of rotatable bonds is 3. The van der Waals surface area contributed by atoms with Crippen molar-refractivity contribution in [3.05, 3.63) is 35.4 Å². The van der Waals surface area contributed by atoms with Crippen LogP contribution < -0.4 is 0 Å². The van der Waals surface area contributed by atoms with Crippen molar-refractivity contribution in [1.29, 1.82) is 0 Å². The molecule has 1 aromatic rings. The average Bonchev–Trinajstić information content (AvgIpc) is 3.00. The fraction of sp³-hybridized carbons (Fsp3) is 0.533. The second-order valence-corrected chi connectivity index (χ2v) is 5.13. The number of Topliss-reactive ketones (excluding diaryl/α,β-unsaturated/α-hetero) is 1. The van der Waals surface area contributed by atoms with Crippen molar-refractivity contribution >= 4 is 5.78 Å². The highest BCUT2D eigenvalue weighted by atomic mass is 16.5. The van der Waals surface area contributed by atoms with E-state index in [0.29, 0.717) is 6.10 Å². The van der Waals surface area contributed by atoms with Crippen LogP contribution in [0.3, 0.4) is 0 Å². The number of ketones is 1. The van der Waals surface area contributed by atoms with Crippen LogP contribution in [0.5, 0.6) is 0 Å². The number of ether oxygens (including phenoxy) is 1. The molecule has 0 amide bonds. The van der Waals surface area contributed by atoms with E-state index in [2.05, 4.69) is 13.0 Å². The van der Waals surface area contributed by atoms with Crippen molar-refractivity contribution in [2.45, 2.75) is 44.8 Å². The second-order valence-electron chi connectivity index (χ2n) is 5.13. The third-order valence-electron chi connectivity index (χ3n) is 4.06. The molecule has 2 heterocycles. The number of carbonyl (C=O) groups is 1. The van der Waals surface area contributed by atoms with Gasteiger partial charge in [0, 0.05) is 5.56 Å². The van der Waals surface area contributed by atoms with E-state index in [4.69, 9.17) is 4.74 Å². The van der Waals surface area contributed by atoms with Crippen LogP contribution in [0.2, 0.25) is 0 Å². The molecule has 2 aliphatic heterocycles.